The number of nitrogens with one attached hydrogen (secondary N) is 2. The number of carbonyl (C=O) groups is 4. The molecule has 0 spiro atoms. The Balaban J connectivity index is 2.31. The number of hydrogen-bond acceptors (Lipinski definition) is 8. The van der Waals surface area contributed by atoms with E-state index in [4.69, 9.17) is 14.2 Å². The summed E-state index contributed by atoms with van der Waals surface area (Å²) in [6.07, 6.45) is -1.24. The molecule has 3 N–H and O–H groups in total. The van der Waals surface area contributed by atoms with E-state index in [1.807, 2.05) is 6.92 Å². The maximum absolute atomic E-state index is 13.4. The fraction of sp³-hybridized carbons (Fsp3) is 0.826. The second-order valence-electron chi connectivity index (χ2n) is 9.84. The minimum atomic E-state index is -1.59. The van der Waals surface area contributed by atoms with E-state index < -0.39 is 65.0 Å². The molecule has 7 atom stereocenters. The van der Waals surface area contributed by atoms with E-state index in [9.17, 15) is 24.3 Å². The molecule has 0 heterocycles. The Morgan fingerprint density at radius 2 is 1.70 bits per heavy atom. The molecule has 0 aliphatic heterocycles. The van der Waals surface area contributed by atoms with Gasteiger partial charge in [0.1, 0.15) is 17.2 Å². The maximum atomic E-state index is 13.4. The summed E-state index contributed by atoms with van der Waals surface area (Å²) in [5.41, 5.74) is -2.34. The highest BCUT2D eigenvalue weighted by atomic mass is 16.6. The van der Waals surface area contributed by atoms with Crippen molar-refractivity contribution < 1.29 is 38.5 Å². The van der Waals surface area contributed by atoms with Crippen molar-refractivity contribution in [3.05, 3.63) is 0 Å². The number of aliphatic hydroxyl groups is 1. The Labute approximate surface area is 195 Å². The predicted octanol–water partition coefficient (Wildman–Crippen LogP) is 1.53. The first kappa shape index (κ1) is 26.9. The number of carbonyl (C=O) groups excluding carboxylic acids is 4. The van der Waals surface area contributed by atoms with Crippen LogP contribution in [-0.2, 0) is 28.6 Å². The Kier molecular flexibility index (Phi) is 8.37. The van der Waals surface area contributed by atoms with Crippen LogP contribution in [0.1, 0.15) is 61.3 Å². The van der Waals surface area contributed by atoms with Gasteiger partial charge in [0.05, 0.1) is 25.2 Å². The topological polar surface area (TPSA) is 140 Å². The first-order valence-electron chi connectivity index (χ1n) is 11.7. The molecule has 0 unspecified atom stereocenters. The Bertz CT molecular complexity index is 764. The predicted molar refractivity (Wildman–Crippen MR) is 118 cm³/mol. The van der Waals surface area contributed by atoms with Crippen LogP contribution in [0, 0.1) is 23.7 Å². The third-order valence-electron chi connectivity index (χ3n) is 6.33. The summed E-state index contributed by atoms with van der Waals surface area (Å²) in [5.74, 6) is -3.97. The first-order chi connectivity index (χ1) is 15.3. The molecule has 2 fully saturated rings. The van der Waals surface area contributed by atoms with Crippen molar-refractivity contribution in [1.82, 2.24) is 10.6 Å². The highest BCUT2D eigenvalue weighted by Crippen LogP contribution is 2.63. The van der Waals surface area contributed by atoms with Gasteiger partial charge in [-0.05, 0) is 40.5 Å². The van der Waals surface area contributed by atoms with Gasteiger partial charge in [-0.15, -0.1) is 0 Å². The average molecular weight is 471 g/mol. The molecule has 0 aromatic carbocycles. The summed E-state index contributed by atoms with van der Waals surface area (Å²) in [6.45, 7) is 12.3. The molecule has 0 aromatic heterocycles. The van der Waals surface area contributed by atoms with Crippen LogP contribution in [0.5, 0.6) is 0 Å². The highest BCUT2D eigenvalue weighted by Gasteiger charge is 2.76. The van der Waals surface area contributed by atoms with Crippen LogP contribution < -0.4 is 10.6 Å². The van der Waals surface area contributed by atoms with Crippen molar-refractivity contribution in [2.75, 3.05) is 13.2 Å². The van der Waals surface area contributed by atoms with Gasteiger partial charge in [-0.2, -0.15) is 0 Å². The van der Waals surface area contributed by atoms with E-state index in [0.29, 0.717) is 6.42 Å². The van der Waals surface area contributed by atoms with Crippen LogP contribution in [0.3, 0.4) is 0 Å². The van der Waals surface area contributed by atoms with Gasteiger partial charge in [-0.25, -0.2) is 9.59 Å². The lowest BCUT2D eigenvalue weighted by molar-refractivity contribution is -0.157. The monoisotopic (exact) mass is 470 g/mol. The smallest absolute Gasteiger partial charge is 0.408 e. The van der Waals surface area contributed by atoms with Crippen LogP contribution in [0.25, 0.3) is 0 Å². The van der Waals surface area contributed by atoms with Gasteiger partial charge < -0.3 is 30.0 Å². The Hall–Kier alpha value is -2.36. The maximum Gasteiger partial charge on any atom is 0.408 e. The fourth-order valence-electron chi connectivity index (χ4n) is 4.69. The third kappa shape index (κ3) is 5.77. The van der Waals surface area contributed by atoms with Crippen molar-refractivity contribution in [2.45, 2.75) is 84.6 Å². The molecule has 2 aliphatic rings. The third-order valence-corrected chi connectivity index (χ3v) is 6.33. The van der Waals surface area contributed by atoms with E-state index in [1.165, 1.54) is 0 Å². The molecule has 2 saturated carbocycles. The summed E-state index contributed by atoms with van der Waals surface area (Å²) in [4.78, 5) is 51.3. The van der Waals surface area contributed by atoms with E-state index in [-0.39, 0.29) is 25.6 Å². The van der Waals surface area contributed by atoms with Crippen molar-refractivity contribution in [2.24, 2.45) is 23.7 Å². The molecule has 33 heavy (non-hydrogen) atoms. The number of ether oxygens (including phenoxy) is 3. The van der Waals surface area contributed by atoms with E-state index in [1.54, 1.807) is 41.5 Å². The van der Waals surface area contributed by atoms with Crippen LogP contribution in [0.4, 0.5) is 4.79 Å². The zero-order valence-electron chi connectivity index (χ0n) is 20.6. The van der Waals surface area contributed by atoms with E-state index in [2.05, 4.69) is 10.6 Å². The van der Waals surface area contributed by atoms with Gasteiger partial charge in [0, 0.05) is 18.3 Å². The number of fused-ring (bicyclic) bond motifs is 1. The largest absolute Gasteiger partial charge is 0.466 e. The van der Waals surface area contributed by atoms with Gasteiger partial charge in [0.2, 0.25) is 5.91 Å². The number of rotatable bonds is 9. The first-order valence-corrected chi connectivity index (χ1v) is 11.7. The molecule has 0 bridgehead atoms. The summed E-state index contributed by atoms with van der Waals surface area (Å²) in [6, 6.07) is -0.993. The van der Waals surface area contributed by atoms with Gasteiger partial charge in [-0.1, -0.05) is 20.3 Å². The molecule has 2 amide bonds. The second kappa shape index (κ2) is 10.3. The van der Waals surface area contributed by atoms with Crippen LogP contribution in [0.2, 0.25) is 0 Å². The standard InChI is InChI=1S/C23H38N2O8/c1-8-12(4)17(24-21(30)33-22(5,6)7)18(27)25-23(20(29)32-10-3)11-13(26)14-15(16(14)23)19(28)31-9-2/h12-17,26H,8-11H2,1-7H3,(H,24,30)(H,25,27)/t12-,13-,14-,15-,16-,17-,23-/m0/s1. The molecule has 0 saturated heterocycles. The van der Waals surface area contributed by atoms with Crippen LogP contribution in [0.15, 0.2) is 0 Å². The summed E-state index contributed by atoms with van der Waals surface area (Å²) < 4.78 is 15.6. The van der Waals surface area contributed by atoms with Crippen molar-refractivity contribution in [3.8, 4) is 0 Å². The van der Waals surface area contributed by atoms with Gasteiger partial charge in [-0.3, -0.25) is 9.59 Å². The molecule has 2 rings (SSSR count). The van der Waals surface area contributed by atoms with Crippen molar-refractivity contribution >= 4 is 23.9 Å². The second-order valence-corrected chi connectivity index (χ2v) is 9.84. The fourth-order valence-corrected chi connectivity index (χ4v) is 4.69. The quantitative estimate of drug-likeness (QED) is 0.340. The van der Waals surface area contributed by atoms with E-state index in [0.717, 1.165) is 0 Å². The average Bonchev–Trinajstić information content (AvgIpc) is 3.40. The normalized spacial score (nSPS) is 29.8. The summed E-state index contributed by atoms with van der Waals surface area (Å²) in [5, 5.41) is 16.0. The minimum Gasteiger partial charge on any atom is -0.466 e. The Morgan fingerprint density at radius 3 is 2.21 bits per heavy atom. The molecule has 10 nitrogen and oxygen atoms in total. The van der Waals surface area contributed by atoms with Gasteiger partial charge >= 0.3 is 18.0 Å². The number of esters is 2. The zero-order valence-corrected chi connectivity index (χ0v) is 20.6. The molecule has 188 valence electrons. The SMILES string of the molecule is CCOC(=O)[C@H]1[C@H]2[C@@H]1[C@](NC(=O)[C@@H](NC(=O)OC(C)(C)C)[C@@H](C)CC)(C(=O)OCC)C[C@@H]2O. The Morgan fingerprint density at radius 1 is 1.09 bits per heavy atom. The zero-order chi connectivity index (χ0) is 25.1. The van der Waals surface area contributed by atoms with E-state index >= 15 is 0 Å². The van der Waals surface area contributed by atoms with Gasteiger partial charge in [0.25, 0.3) is 0 Å². The lowest BCUT2D eigenvalue weighted by Crippen LogP contribution is -2.62. The molecular formula is C23H38N2O8. The molecule has 0 radical (unpaired) electrons. The van der Waals surface area contributed by atoms with Crippen molar-refractivity contribution in [1.29, 1.82) is 0 Å². The number of amides is 2. The number of alkyl carbamates (subject to hydrolysis) is 1. The minimum absolute atomic E-state index is 0.0684. The highest BCUT2D eigenvalue weighted by molar-refractivity contribution is 5.94. The number of aliphatic hydroxyl groups excluding tert-OH is 1. The van der Waals surface area contributed by atoms with Gasteiger partial charge in [0.15, 0.2) is 0 Å². The van der Waals surface area contributed by atoms with Crippen LogP contribution in [-0.4, -0.2) is 65.5 Å². The molecule has 0 aromatic rings. The summed E-state index contributed by atoms with van der Waals surface area (Å²) >= 11 is 0. The molecule has 10 heteroatoms. The lowest BCUT2D eigenvalue weighted by Gasteiger charge is -2.34. The number of hydrogen-bond donors (Lipinski definition) is 3. The summed E-state index contributed by atoms with van der Waals surface area (Å²) in [7, 11) is 0. The lowest BCUT2D eigenvalue weighted by atomic mass is 9.88. The molecular weight excluding hydrogens is 432 g/mol. The van der Waals surface area contributed by atoms with Crippen molar-refractivity contribution in [3.63, 3.8) is 0 Å². The molecule has 2 aliphatic carbocycles. The van der Waals surface area contributed by atoms with Crippen LogP contribution >= 0.6 is 0 Å².